The van der Waals surface area contributed by atoms with Crippen molar-refractivity contribution in [1.82, 2.24) is 25.0 Å². The molecular formula is C14H16N6S. The Kier molecular flexibility index (Phi) is 3.92. The van der Waals surface area contributed by atoms with E-state index in [9.17, 15) is 0 Å². The minimum absolute atomic E-state index is 0.658. The fourth-order valence-electron chi connectivity index (χ4n) is 1.86. The summed E-state index contributed by atoms with van der Waals surface area (Å²) in [5, 5.41) is 19.1. The normalized spacial score (nSPS) is 10.8. The summed E-state index contributed by atoms with van der Waals surface area (Å²) in [4.78, 5) is 4.51. The van der Waals surface area contributed by atoms with E-state index in [1.807, 2.05) is 31.3 Å². The van der Waals surface area contributed by atoms with Crippen molar-refractivity contribution >= 4 is 17.2 Å². The van der Waals surface area contributed by atoms with E-state index >= 15 is 0 Å². The SMILES string of the molecule is CCc1nc(CNc2ccc(-n3ccc(C)n3)nn2)cs1. The van der Waals surface area contributed by atoms with Gasteiger partial charge in [0.2, 0.25) is 0 Å². The van der Waals surface area contributed by atoms with Crippen LogP contribution in [0.15, 0.2) is 29.8 Å². The minimum Gasteiger partial charge on any atom is -0.363 e. The number of nitrogens with zero attached hydrogens (tertiary/aromatic N) is 5. The molecule has 3 heterocycles. The first kappa shape index (κ1) is 13.7. The van der Waals surface area contributed by atoms with Crippen molar-refractivity contribution in [3.05, 3.63) is 46.2 Å². The van der Waals surface area contributed by atoms with Crippen LogP contribution in [0.4, 0.5) is 5.82 Å². The predicted octanol–water partition coefficient (Wildman–Crippen LogP) is 2.60. The van der Waals surface area contributed by atoms with Crippen LogP contribution in [0.3, 0.4) is 0 Å². The summed E-state index contributed by atoms with van der Waals surface area (Å²) in [5.41, 5.74) is 1.99. The molecule has 6 nitrogen and oxygen atoms in total. The summed E-state index contributed by atoms with van der Waals surface area (Å²) >= 11 is 1.69. The number of aryl methyl sites for hydroxylation is 2. The maximum Gasteiger partial charge on any atom is 0.175 e. The second-order valence-electron chi connectivity index (χ2n) is 4.62. The van der Waals surface area contributed by atoms with Gasteiger partial charge in [-0.3, -0.25) is 0 Å². The molecule has 0 aliphatic heterocycles. The number of thiazole rings is 1. The molecular weight excluding hydrogens is 284 g/mol. The fourth-order valence-corrected chi connectivity index (χ4v) is 2.60. The summed E-state index contributed by atoms with van der Waals surface area (Å²) in [6.45, 7) is 4.71. The maximum atomic E-state index is 4.51. The first-order chi connectivity index (χ1) is 10.2. The largest absolute Gasteiger partial charge is 0.363 e. The Morgan fingerprint density at radius 2 is 2.14 bits per heavy atom. The molecule has 3 aromatic rings. The van der Waals surface area contributed by atoms with Crippen LogP contribution in [0, 0.1) is 6.92 Å². The molecule has 0 bridgehead atoms. The van der Waals surface area contributed by atoms with Crippen molar-refractivity contribution in [2.24, 2.45) is 0 Å². The highest BCUT2D eigenvalue weighted by atomic mass is 32.1. The van der Waals surface area contributed by atoms with E-state index in [-0.39, 0.29) is 0 Å². The van der Waals surface area contributed by atoms with E-state index in [2.05, 4.69) is 37.9 Å². The van der Waals surface area contributed by atoms with Gasteiger partial charge in [-0.15, -0.1) is 21.5 Å². The Bertz CT molecular complexity index is 715. The minimum atomic E-state index is 0.658. The summed E-state index contributed by atoms with van der Waals surface area (Å²) in [6.07, 6.45) is 2.84. The molecule has 0 aliphatic carbocycles. The standard InChI is InChI=1S/C14H16N6S/c1-3-14-16-11(9-21-14)8-15-12-4-5-13(18-17-12)20-7-6-10(2)19-20/h4-7,9H,3,8H2,1-2H3,(H,15,17). The molecule has 0 aromatic carbocycles. The molecule has 0 fully saturated rings. The molecule has 0 amide bonds. The Labute approximate surface area is 126 Å². The number of hydrogen-bond acceptors (Lipinski definition) is 6. The zero-order chi connectivity index (χ0) is 14.7. The molecule has 108 valence electrons. The van der Waals surface area contributed by atoms with E-state index in [1.165, 1.54) is 0 Å². The van der Waals surface area contributed by atoms with Crippen LogP contribution >= 0.6 is 11.3 Å². The molecule has 0 atom stereocenters. The summed E-state index contributed by atoms with van der Waals surface area (Å²) in [6, 6.07) is 5.72. The predicted molar refractivity (Wildman–Crippen MR) is 82.7 cm³/mol. The van der Waals surface area contributed by atoms with Gasteiger partial charge in [0.15, 0.2) is 5.82 Å². The van der Waals surface area contributed by atoms with Gasteiger partial charge < -0.3 is 5.32 Å². The van der Waals surface area contributed by atoms with E-state index in [1.54, 1.807) is 16.0 Å². The number of anilines is 1. The summed E-state index contributed by atoms with van der Waals surface area (Å²) < 4.78 is 1.71. The molecule has 21 heavy (non-hydrogen) atoms. The first-order valence-corrected chi connectivity index (χ1v) is 7.66. The Hall–Kier alpha value is -2.28. The number of aromatic nitrogens is 5. The molecule has 3 aromatic heterocycles. The Morgan fingerprint density at radius 3 is 2.76 bits per heavy atom. The number of rotatable bonds is 5. The van der Waals surface area contributed by atoms with E-state index in [0.717, 1.165) is 28.6 Å². The monoisotopic (exact) mass is 300 g/mol. The molecule has 0 spiro atoms. The smallest absolute Gasteiger partial charge is 0.175 e. The molecule has 0 radical (unpaired) electrons. The number of hydrogen-bond donors (Lipinski definition) is 1. The van der Waals surface area contributed by atoms with Gasteiger partial charge in [0.1, 0.15) is 5.82 Å². The van der Waals surface area contributed by atoms with E-state index < -0.39 is 0 Å². The van der Waals surface area contributed by atoms with Crippen LogP contribution in [0.25, 0.3) is 5.82 Å². The van der Waals surface area contributed by atoms with Gasteiger partial charge in [-0.1, -0.05) is 6.92 Å². The van der Waals surface area contributed by atoms with Gasteiger partial charge >= 0.3 is 0 Å². The summed E-state index contributed by atoms with van der Waals surface area (Å²) in [5.74, 6) is 1.43. The molecule has 3 rings (SSSR count). The Morgan fingerprint density at radius 1 is 1.24 bits per heavy atom. The van der Waals surface area contributed by atoms with Crippen molar-refractivity contribution in [3.8, 4) is 5.82 Å². The van der Waals surface area contributed by atoms with Gasteiger partial charge in [0.05, 0.1) is 22.9 Å². The molecule has 7 heteroatoms. The Balaban J connectivity index is 1.64. The van der Waals surface area contributed by atoms with Crippen LogP contribution in [0.2, 0.25) is 0 Å². The third-order valence-electron chi connectivity index (χ3n) is 2.96. The van der Waals surface area contributed by atoms with Crippen molar-refractivity contribution in [1.29, 1.82) is 0 Å². The van der Waals surface area contributed by atoms with Crippen molar-refractivity contribution in [2.45, 2.75) is 26.8 Å². The zero-order valence-corrected chi connectivity index (χ0v) is 12.8. The lowest BCUT2D eigenvalue weighted by Gasteiger charge is -2.04. The maximum absolute atomic E-state index is 4.51. The van der Waals surface area contributed by atoms with E-state index in [4.69, 9.17) is 0 Å². The third-order valence-corrected chi connectivity index (χ3v) is 4.00. The van der Waals surface area contributed by atoms with E-state index in [0.29, 0.717) is 12.4 Å². The topological polar surface area (TPSA) is 68.5 Å². The lowest BCUT2D eigenvalue weighted by atomic mass is 10.4. The van der Waals surface area contributed by atoms with Crippen molar-refractivity contribution in [2.75, 3.05) is 5.32 Å². The third kappa shape index (κ3) is 3.25. The van der Waals surface area contributed by atoms with Crippen LogP contribution in [-0.4, -0.2) is 25.0 Å². The number of nitrogens with one attached hydrogen (secondary N) is 1. The van der Waals surface area contributed by atoms with Crippen molar-refractivity contribution in [3.63, 3.8) is 0 Å². The molecule has 0 unspecified atom stereocenters. The van der Waals surface area contributed by atoms with Crippen LogP contribution in [0.1, 0.15) is 23.3 Å². The van der Waals surface area contributed by atoms with Crippen molar-refractivity contribution < 1.29 is 0 Å². The lowest BCUT2D eigenvalue weighted by Crippen LogP contribution is -2.05. The van der Waals surface area contributed by atoms with Gasteiger partial charge in [-0.2, -0.15) is 5.10 Å². The van der Waals surface area contributed by atoms with Gasteiger partial charge in [-0.25, -0.2) is 9.67 Å². The fraction of sp³-hybridized carbons (Fsp3) is 0.286. The summed E-state index contributed by atoms with van der Waals surface area (Å²) in [7, 11) is 0. The highest BCUT2D eigenvalue weighted by Gasteiger charge is 2.03. The zero-order valence-electron chi connectivity index (χ0n) is 11.9. The first-order valence-electron chi connectivity index (χ1n) is 6.78. The van der Waals surface area contributed by atoms with Crippen LogP contribution in [-0.2, 0) is 13.0 Å². The second-order valence-corrected chi connectivity index (χ2v) is 5.56. The average Bonchev–Trinajstić information content (AvgIpc) is 3.14. The van der Waals surface area contributed by atoms with Crippen LogP contribution < -0.4 is 5.32 Å². The lowest BCUT2D eigenvalue weighted by molar-refractivity contribution is 0.803. The molecule has 0 saturated heterocycles. The van der Waals surface area contributed by atoms with Gasteiger partial charge in [-0.05, 0) is 31.5 Å². The second kappa shape index (κ2) is 6.01. The van der Waals surface area contributed by atoms with Crippen LogP contribution in [0.5, 0.6) is 0 Å². The average molecular weight is 300 g/mol. The quantitative estimate of drug-likeness (QED) is 0.784. The molecule has 1 N–H and O–H groups in total. The molecule has 0 saturated carbocycles. The highest BCUT2D eigenvalue weighted by Crippen LogP contribution is 2.12. The van der Waals surface area contributed by atoms with Gasteiger partial charge in [0.25, 0.3) is 0 Å². The van der Waals surface area contributed by atoms with Gasteiger partial charge in [0, 0.05) is 11.6 Å². The molecule has 0 aliphatic rings. The highest BCUT2D eigenvalue weighted by molar-refractivity contribution is 7.09.